The van der Waals surface area contributed by atoms with Gasteiger partial charge in [0.25, 0.3) is 0 Å². The monoisotopic (exact) mass is 290 g/mol. The minimum absolute atomic E-state index is 0.0952. The molecule has 0 aliphatic heterocycles. The van der Waals surface area contributed by atoms with Gasteiger partial charge in [-0.3, -0.25) is 20.4 Å². The Morgan fingerprint density at radius 2 is 2.00 bits per heavy atom. The Labute approximate surface area is 119 Å². The fourth-order valence-electron chi connectivity index (χ4n) is 1.71. The second-order valence-corrected chi connectivity index (χ2v) is 4.63. The topological polar surface area (TPSA) is 140 Å². The number of unbranched alkanes of at least 4 members (excludes halogenated alkanes) is 1. The van der Waals surface area contributed by atoms with E-state index in [1.807, 2.05) is 17.8 Å². The number of hydrogen-bond acceptors (Lipinski definition) is 6. The Hall–Kier alpha value is -1.22. The van der Waals surface area contributed by atoms with Gasteiger partial charge in [-0.15, -0.1) is 0 Å². The maximum atomic E-state index is 11.6. The van der Waals surface area contributed by atoms with E-state index in [0.717, 1.165) is 12.8 Å². The molecule has 8 heteroatoms. The summed E-state index contributed by atoms with van der Waals surface area (Å²) in [4.78, 5) is 22.6. The number of aliphatic hydroxyl groups excluding tert-OH is 1. The zero-order chi connectivity index (χ0) is 15.4. The van der Waals surface area contributed by atoms with Crippen molar-refractivity contribution in [3.8, 4) is 0 Å². The first kappa shape index (κ1) is 18.8. The molecule has 0 saturated carbocycles. The largest absolute Gasteiger partial charge is 0.391 e. The SMILES string of the molecule is CCCCOCC(O)CC(CCC(=O)NN)C(=O)NN. The Morgan fingerprint density at radius 1 is 1.30 bits per heavy atom. The summed E-state index contributed by atoms with van der Waals surface area (Å²) in [5.41, 5.74) is 4.02. The number of hydrazine groups is 2. The van der Waals surface area contributed by atoms with E-state index < -0.39 is 17.9 Å². The van der Waals surface area contributed by atoms with E-state index in [1.54, 1.807) is 0 Å². The summed E-state index contributed by atoms with van der Waals surface area (Å²) in [6.07, 6.45) is 1.72. The van der Waals surface area contributed by atoms with Gasteiger partial charge in [0.2, 0.25) is 11.8 Å². The van der Waals surface area contributed by atoms with Crippen LogP contribution >= 0.6 is 0 Å². The molecule has 0 bridgehead atoms. The molecule has 0 aliphatic carbocycles. The predicted molar refractivity (Wildman–Crippen MR) is 73.7 cm³/mol. The number of aliphatic hydroxyl groups is 1. The van der Waals surface area contributed by atoms with Gasteiger partial charge in [0, 0.05) is 18.9 Å². The highest BCUT2D eigenvalue weighted by Gasteiger charge is 2.22. The van der Waals surface area contributed by atoms with Crippen LogP contribution in [0.2, 0.25) is 0 Å². The van der Waals surface area contributed by atoms with E-state index in [9.17, 15) is 14.7 Å². The predicted octanol–water partition coefficient (Wildman–Crippen LogP) is -1.07. The van der Waals surface area contributed by atoms with Crippen molar-refractivity contribution in [2.75, 3.05) is 13.2 Å². The van der Waals surface area contributed by atoms with Crippen molar-refractivity contribution >= 4 is 11.8 Å². The summed E-state index contributed by atoms with van der Waals surface area (Å²) in [5.74, 6) is 8.72. The van der Waals surface area contributed by atoms with Crippen LogP contribution in [-0.2, 0) is 14.3 Å². The van der Waals surface area contributed by atoms with Crippen LogP contribution in [0.4, 0.5) is 0 Å². The van der Waals surface area contributed by atoms with Gasteiger partial charge in [-0.2, -0.15) is 0 Å². The molecule has 0 fully saturated rings. The average molecular weight is 290 g/mol. The van der Waals surface area contributed by atoms with Gasteiger partial charge in [0.1, 0.15) is 0 Å². The molecule has 0 aromatic carbocycles. The molecular formula is C12H26N4O4. The number of nitrogens with two attached hydrogens (primary N) is 2. The normalized spacial score (nSPS) is 13.6. The summed E-state index contributed by atoms with van der Waals surface area (Å²) in [6.45, 7) is 2.79. The zero-order valence-corrected chi connectivity index (χ0v) is 11.9. The van der Waals surface area contributed by atoms with Crippen LogP contribution in [0, 0.1) is 5.92 Å². The van der Waals surface area contributed by atoms with Crippen LogP contribution in [0.5, 0.6) is 0 Å². The fraction of sp³-hybridized carbons (Fsp3) is 0.833. The second kappa shape index (κ2) is 11.6. The number of nitrogens with one attached hydrogen (secondary N) is 2. The molecule has 20 heavy (non-hydrogen) atoms. The summed E-state index contributed by atoms with van der Waals surface area (Å²) in [7, 11) is 0. The standard InChI is InChI=1S/C12H26N4O4/c1-2-3-6-20-8-10(17)7-9(12(19)16-14)4-5-11(18)15-13/h9-10,17H,2-8,13-14H2,1H3,(H,15,18)(H,16,19). The van der Waals surface area contributed by atoms with Crippen LogP contribution in [0.15, 0.2) is 0 Å². The molecule has 8 nitrogen and oxygen atoms in total. The van der Waals surface area contributed by atoms with Gasteiger partial charge >= 0.3 is 0 Å². The zero-order valence-electron chi connectivity index (χ0n) is 11.9. The van der Waals surface area contributed by atoms with Crippen LogP contribution in [0.25, 0.3) is 0 Å². The quantitative estimate of drug-likeness (QED) is 0.142. The fourth-order valence-corrected chi connectivity index (χ4v) is 1.71. The number of rotatable bonds is 11. The van der Waals surface area contributed by atoms with Crippen LogP contribution < -0.4 is 22.5 Å². The average Bonchev–Trinajstić information content (AvgIpc) is 2.46. The van der Waals surface area contributed by atoms with E-state index in [0.29, 0.717) is 6.61 Å². The van der Waals surface area contributed by atoms with E-state index in [2.05, 4.69) is 0 Å². The molecule has 2 amide bonds. The lowest BCUT2D eigenvalue weighted by atomic mass is 9.95. The number of carbonyl (C=O) groups is 2. The molecule has 0 saturated heterocycles. The van der Waals surface area contributed by atoms with Crippen molar-refractivity contribution in [1.82, 2.24) is 10.9 Å². The van der Waals surface area contributed by atoms with Gasteiger partial charge in [0.15, 0.2) is 0 Å². The molecule has 2 unspecified atom stereocenters. The van der Waals surface area contributed by atoms with Crippen LogP contribution in [0.1, 0.15) is 39.0 Å². The third-order valence-electron chi connectivity index (χ3n) is 2.90. The number of carbonyl (C=O) groups excluding carboxylic acids is 2. The van der Waals surface area contributed by atoms with Gasteiger partial charge in [-0.05, 0) is 19.3 Å². The molecule has 0 aromatic heterocycles. The summed E-state index contributed by atoms with van der Waals surface area (Å²) >= 11 is 0. The van der Waals surface area contributed by atoms with Gasteiger partial charge in [-0.25, -0.2) is 11.7 Å². The summed E-state index contributed by atoms with van der Waals surface area (Å²) in [5, 5.41) is 9.81. The van der Waals surface area contributed by atoms with Gasteiger partial charge in [0.05, 0.1) is 12.7 Å². The number of amides is 2. The van der Waals surface area contributed by atoms with Crippen molar-refractivity contribution in [3.05, 3.63) is 0 Å². The molecule has 0 heterocycles. The van der Waals surface area contributed by atoms with Gasteiger partial charge < -0.3 is 9.84 Å². The van der Waals surface area contributed by atoms with Crippen molar-refractivity contribution in [1.29, 1.82) is 0 Å². The molecule has 118 valence electrons. The lowest BCUT2D eigenvalue weighted by Gasteiger charge is -2.18. The van der Waals surface area contributed by atoms with E-state index in [4.69, 9.17) is 16.4 Å². The maximum Gasteiger partial charge on any atom is 0.237 e. The van der Waals surface area contributed by atoms with Crippen LogP contribution in [-0.4, -0.2) is 36.2 Å². The molecule has 0 spiro atoms. The Morgan fingerprint density at radius 3 is 2.55 bits per heavy atom. The second-order valence-electron chi connectivity index (χ2n) is 4.63. The van der Waals surface area contributed by atoms with Crippen LogP contribution in [0.3, 0.4) is 0 Å². The van der Waals surface area contributed by atoms with Crippen molar-refractivity contribution in [2.45, 2.75) is 45.1 Å². The number of hydrogen-bond donors (Lipinski definition) is 5. The lowest BCUT2D eigenvalue weighted by Crippen LogP contribution is -2.39. The summed E-state index contributed by atoms with van der Waals surface area (Å²) < 4.78 is 5.28. The van der Waals surface area contributed by atoms with Crippen molar-refractivity contribution in [3.63, 3.8) is 0 Å². The van der Waals surface area contributed by atoms with Crippen molar-refractivity contribution < 1.29 is 19.4 Å². The smallest absolute Gasteiger partial charge is 0.237 e. The van der Waals surface area contributed by atoms with Crippen molar-refractivity contribution in [2.24, 2.45) is 17.6 Å². The lowest BCUT2D eigenvalue weighted by molar-refractivity contribution is -0.127. The Kier molecular flexibility index (Phi) is 10.9. The minimum Gasteiger partial charge on any atom is -0.391 e. The van der Waals surface area contributed by atoms with E-state index in [1.165, 1.54) is 0 Å². The highest BCUT2D eigenvalue weighted by atomic mass is 16.5. The molecular weight excluding hydrogens is 264 g/mol. The molecule has 0 rings (SSSR count). The third kappa shape index (κ3) is 8.81. The third-order valence-corrected chi connectivity index (χ3v) is 2.90. The molecule has 2 atom stereocenters. The molecule has 0 aromatic rings. The molecule has 0 aliphatic rings. The molecule has 7 N–H and O–H groups in total. The van der Waals surface area contributed by atoms with E-state index >= 15 is 0 Å². The first-order chi connectivity index (χ1) is 9.54. The van der Waals surface area contributed by atoms with Gasteiger partial charge in [-0.1, -0.05) is 13.3 Å². The first-order valence-corrected chi connectivity index (χ1v) is 6.80. The molecule has 0 radical (unpaired) electrons. The highest BCUT2D eigenvalue weighted by Crippen LogP contribution is 2.14. The minimum atomic E-state index is -0.768. The first-order valence-electron chi connectivity index (χ1n) is 6.80. The maximum absolute atomic E-state index is 11.6. The van der Waals surface area contributed by atoms with E-state index in [-0.39, 0.29) is 31.8 Å². The summed E-state index contributed by atoms with van der Waals surface area (Å²) in [6, 6.07) is 0. The Balaban J connectivity index is 4.13. The Bertz CT molecular complexity index is 289. The highest BCUT2D eigenvalue weighted by molar-refractivity contribution is 5.80. The number of ether oxygens (including phenoxy) is 1.